The fourth-order valence-electron chi connectivity index (χ4n) is 3.52. The van der Waals surface area contributed by atoms with Crippen LogP contribution in [0.1, 0.15) is 45.7 Å². The molecule has 7 heteroatoms. The monoisotopic (exact) mass is 382 g/mol. The first-order chi connectivity index (χ1) is 13.2. The number of likely N-dealkylation sites (tertiary alicyclic amines) is 1. The summed E-state index contributed by atoms with van der Waals surface area (Å²) in [4.78, 5) is 21.3. The first-order valence-electron chi connectivity index (χ1n) is 9.09. The molecule has 27 heavy (non-hydrogen) atoms. The van der Waals surface area contributed by atoms with Crippen LogP contribution in [-0.2, 0) is 13.1 Å². The summed E-state index contributed by atoms with van der Waals surface area (Å²) < 4.78 is 5.43. The fourth-order valence-corrected chi connectivity index (χ4v) is 4.30. The number of hydrogen-bond acceptors (Lipinski definition) is 6. The SMILES string of the molecule is CN(Cc1ccccc1)Cc1cc(C(=O)N2CCCC2c2nccs2)no1. The van der Waals surface area contributed by atoms with E-state index in [2.05, 4.69) is 27.2 Å². The molecule has 0 saturated carbocycles. The molecule has 3 aromatic rings. The molecular weight excluding hydrogens is 360 g/mol. The molecule has 1 aliphatic rings. The van der Waals surface area contributed by atoms with Crippen LogP contribution in [0.2, 0.25) is 0 Å². The Balaban J connectivity index is 1.40. The van der Waals surface area contributed by atoms with Gasteiger partial charge in [-0.1, -0.05) is 35.5 Å². The average Bonchev–Trinajstić information content (AvgIpc) is 3.42. The van der Waals surface area contributed by atoms with E-state index < -0.39 is 0 Å². The Morgan fingerprint density at radius 3 is 2.96 bits per heavy atom. The Morgan fingerprint density at radius 2 is 2.19 bits per heavy atom. The van der Waals surface area contributed by atoms with Gasteiger partial charge < -0.3 is 9.42 Å². The van der Waals surface area contributed by atoms with Crippen LogP contribution < -0.4 is 0 Å². The van der Waals surface area contributed by atoms with Gasteiger partial charge in [0.2, 0.25) is 0 Å². The number of rotatable bonds is 6. The predicted molar refractivity (Wildman–Crippen MR) is 103 cm³/mol. The van der Waals surface area contributed by atoms with Crippen molar-refractivity contribution in [3.63, 3.8) is 0 Å². The van der Waals surface area contributed by atoms with Crippen molar-refractivity contribution < 1.29 is 9.32 Å². The average molecular weight is 382 g/mol. The number of amides is 1. The van der Waals surface area contributed by atoms with E-state index in [-0.39, 0.29) is 11.9 Å². The van der Waals surface area contributed by atoms with Crippen molar-refractivity contribution in [2.24, 2.45) is 0 Å². The van der Waals surface area contributed by atoms with E-state index in [4.69, 9.17) is 4.52 Å². The van der Waals surface area contributed by atoms with Crippen molar-refractivity contribution in [3.05, 3.63) is 70.0 Å². The van der Waals surface area contributed by atoms with Gasteiger partial charge in [0.05, 0.1) is 12.6 Å². The number of carbonyl (C=O) groups is 1. The van der Waals surface area contributed by atoms with Crippen molar-refractivity contribution >= 4 is 17.2 Å². The molecule has 0 N–H and O–H groups in total. The van der Waals surface area contributed by atoms with Gasteiger partial charge in [-0.25, -0.2) is 4.98 Å². The minimum atomic E-state index is -0.0755. The number of aromatic nitrogens is 2. The van der Waals surface area contributed by atoms with Crippen LogP contribution in [0.4, 0.5) is 0 Å². The first kappa shape index (κ1) is 17.9. The zero-order valence-electron chi connectivity index (χ0n) is 15.2. The maximum absolute atomic E-state index is 12.9. The lowest BCUT2D eigenvalue weighted by atomic mass is 10.2. The minimum absolute atomic E-state index is 0.0541. The molecule has 1 atom stereocenters. The Hall–Kier alpha value is -2.51. The maximum atomic E-state index is 12.9. The number of thiazole rings is 1. The molecule has 1 unspecified atom stereocenters. The molecule has 140 valence electrons. The third kappa shape index (κ3) is 4.09. The van der Waals surface area contributed by atoms with E-state index in [1.54, 1.807) is 23.6 Å². The van der Waals surface area contributed by atoms with Gasteiger partial charge in [0.1, 0.15) is 5.01 Å². The van der Waals surface area contributed by atoms with E-state index in [0.717, 1.165) is 30.9 Å². The number of hydrogen-bond donors (Lipinski definition) is 0. The summed E-state index contributed by atoms with van der Waals surface area (Å²) in [5.74, 6) is 0.621. The van der Waals surface area contributed by atoms with Gasteiger partial charge in [0, 0.05) is 30.7 Å². The summed E-state index contributed by atoms with van der Waals surface area (Å²) in [5.41, 5.74) is 1.61. The topological polar surface area (TPSA) is 62.5 Å². The largest absolute Gasteiger partial charge is 0.359 e. The quantitative estimate of drug-likeness (QED) is 0.650. The lowest BCUT2D eigenvalue weighted by Crippen LogP contribution is -2.30. The molecule has 4 rings (SSSR count). The summed E-state index contributed by atoms with van der Waals surface area (Å²) in [7, 11) is 2.02. The standard InChI is InChI=1S/C20H22N4O2S/c1-23(13-15-6-3-2-4-7-15)14-16-12-17(22-26-16)20(25)24-10-5-8-18(24)19-21-9-11-27-19/h2-4,6-7,9,11-12,18H,5,8,10,13-14H2,1H3. The zero-order chi connectivity index (χ0) is 18.6. The van der Waals surface area contributed by atoms with E-state index in [0.29, 0.717) is 18.0 Å². The van der Waals surface area contributed by atoms with E-state index in [1.807, 2.05) is 35.5 Å². The molecule has 0 aliphatic carbocycles. The van der Waals surface area contributed by atoms with Crippen LogP contribution in [0, 0.1) is 0 Å². The predicted octanol–water partition coefficient (Wildman–Crippen LogP) is 3.74. The molecule has 2 aromatic heterocycles. The Morgan fingerprint density at radius 1 is 1.33 bits per heavy atom. The molecule has 0 radical (unpaired) electrons. The second-order valence-electron chi connectivity index (χ2n) is 6.86. The maximum Gasteiger partial charge on any atom is 0.276 e. The van der Waals surface area contributed by atoms with Crippen molar-refractivity contribution in [2.75, 3.05) is 13.6 Å². The van der Waals surface area contributed by atoms with Crippen molar-refractivity contribution in [1.82, 2.24) is 19.9 Å². The molecule has 1 saturated heterocycles. The number of carbonyl (C=O) groups excluding carboxylic acids is 1. The molecule has 1 aromatic carbocycles. The van der Waals surface area contributed by atoms with Crippen molar-refractivity contribution in [3.8, 4) is 0 Å². The fraction of sp³-hybridized carbons (Fsp3) is 0.350. The second-order valence-corrected chi connectivity index (χ2v) is 7.79. The van der Waals surface area contributed by atoms with Crippen LogP contribution in [-0.4, -0.2) is 39.4 Å². The molecule has 1 aliphatic heterocycles. The van der Waals surface area contributed by atoms with Gasteiger partial charge in [-0.2, -0.15) is 0 Å². The summed E-state index contributed by atoms with van der Waals surface area (Å²) in [6.45, 7) is 2.15. The van der Waals surface area contributed by atoms with Crippen molar-refractivity contribution in [1.29, 1.82) is 0 Å². The van der Waals surface area contributed by atoms with Crippen LogP contribution in [0.5, 0.6) is 0 Å². The molecule has 6 nitrogen and oxygen atoms in total. The van der Waals surface area contributed by atoms with Crippen LogP contribution in [0.25, 0.3) is 0 Å². The van der Waals surface area contributed by atoms with E-state index in [1.165, 1.54) is 5.56 Å². The zero-order valence-corrected chi connectivity index (χ0v) is 16.1. The molecule has 0 bridgehead atoms. The smallest absolute Gasteiger partial charge is 0.276 e. The van der Waals surface area contributed by atoms with E-state index >= 15 is 0 Å². The Bertz CT molecular complexity index is 879. The highest BCUT2D eigenvalue weighted by Gasteiger charge is 2.33. The highest BCUT2D eigenvalue weighted by atomic mass is 32.1. The number of benzene rings is 1. The number of nitrogens with zero attached hydrogens (tertiary/aromatic N) is 4. The summed E-state index contributed by atoms with van der Waals surface area (Å²) in [5, 5.41) is 6.97. The third-order valence-electron chi connectivity index (χ3n) is 4.75. The van der Waals surface area contributed by atoms with Gasteiger partial charge in [0.25, 0.3) is 5.91 Å². The van der Waals surface area contributed by atoms with Crippen molar-refractivity contribution in [2.45, 2.75) is 32.0 Å². The van der Waals surface area contributed by atoms with Crippen LogP contribution >= 0.6 is 11.3 Å². The highest BCUT2D eigenvalue weighted by Crippen LogP contribution is 2.34. The molecule has 3 heterocycles. The molecular formula is C20H22N4O2S. The highest BCUT2D eigenvalue weighted by molar-refractivity contribution is 7.09. The van der Waals surface area contributed by atoms with Crippen LogP contribution in [0.15, 0.2) is 52.5 Å². The summed E-state index contributed by atoms with van der Waals surface area (Å²) >= 11 is 1.60. The third-order valence-corrected chi connectivity index (χ3v) is 5.63. The van der Waals surface area contributed by atoms with Crippen LogP contribution in [0.3, 0.4) is 0 Å². The lowest BCUT2D eigenvalue weighted by Gasteiger charge is -2.21. The van der Waals surface area contributed by atoms with Gasteiger partial charge in [-0.05, 0) is 25.5 Å². The van der Waals surface area contributed by atoms with Gasteiger partial charge >= 0.3 is 0 Å². The second kappa shape index (κ2) is 8.02. The summed E-state index contributed by atoms with van der Waals surface area (Å²) in [6, 6.07) is 12.1. The molecule has 0 spiro atoms. The Labute approximate surface area is 162 Å². The minimum Gasteiger partial charge on any atom is -0.359 e. The summed E-state index contributed by atoms with van der Waals surface area (Å²) in [6.07, 6.45) is 3.72. The Kier molecular flexibility index (Phi) is 5.31. The first-order valence-corrected chi connectivity index (χ1v) is 9.97. The van der Waals surface area contributed by atoms with Gasteiger partial charge in [-0.15, -0.1) is 11.3 Å². The molecule has 1 fully saturated rings. The molecule has 1 amide bonds. The van der Waals surface area contributed by atoms with Gasteiger partial charge in [-0.3, -0.25) is 9.69 Å². The lowest BCUT2D eigenvalue weighted by molar-refractivity contribution is 0.0724. The van der Waals surface area contributed by atoms with Gasteiger partial charge in [0.15, 0.2) is 11.5 Å². The normalized spacial score (nSPS) is 17.0. The van der Waals surface area contributed by atoms with E-state index in [9.17, 15) is 4.79 Å².